The SMILES string of the molecule is C[C@@H](N)[C@H](NC(=O)c1ccc(-c2ccc(CN3CCCOCC3)cc2)cc1)C(=O)NO. The van der Waals surface area contributed by atoms with Gasteiger partial charge in [-0.3, -0.25) is 19.7 Å². The van der Waals surface area contributed by atoms with Gasteiger partial charge in [0.15, 0.2) is 0 Å². The van der Waals surface area contributed by atoms with Gasteiger partial charge in [0.25, 0.3) is 11.8 Å². The number of benzene rings is 2. The largest absolute Gasteiger partial charge is 0.380 e. The Morgan fingerprint density at radius 1 is 1.06 bits per heavy atom. The molecule has 1 saturated heterocycles. The van der Waals surface area contributed by atoms with Crippen molar-refractivity contribution < 1.29 is 19.5 Å². The maximum atomic E-state index is 12.4. The van der Waals surface area contributed by atoms with Crippen LogP contribution < -0.4 is 16.5 Å². The third kappa shape index (κ3) is 6.35. The molecule has 1 heterocycles. The van der Waals surface area contributed by atoms with E-state index in [1.165, 1.54) is 11.0 Å². The average molecular weight is 427 g/mol. The number of nitrogens with two attached hydrogens (primary N) is 1. The second-order valence-corrected chi connectivity index (χ2v) is 7.80. The van der Waals surface area contributed by atoms with Crippen LogP contribution in [0.5, 0.6) is 0 Å². The maximum absolute atomic E-state index is 12.4. The van der Waals surface area contributed by atoms with E-state index in [9.17, 15) is 9.59 Å². The van der Waals surface area contributed by atoms with Gasteiger partial charge in [-0.15, -0.1) is 0 Å². The zero-order valence-corrected chi connectivity index (χ0v) is 17.7. The molecule has 2 amide bonds. The van der Waals surface area contributed by atoms with E-state index in [1.54, 1.807) is 19.1 Å². The van der Waals surface area contributed by atoms with Gasteiger partial charge in [0, 0.05) is 37.8 Å². The molecule has 8 nitrogen and oxygen atoms in total. The molecule has 0 saturated carbocycles. The maximum Gasteiger partial charge on any atom is 0.267 e. The Labute approximate surface area is 182 Å². The summed E-state index contributed by atoms with van der Waals surface area (Å²) in [5.74, 6) is -1.19. The summed E-state index contributed by atoms with van der Waals surface area (Å²) in [5.41, 5.74) is 11.0. The summed E-state index contributed by atoms with van der Waals surface area (Å²) < 4.78 is 5.51. The van der Waals surface area contributed by atoms with Crippen molar-refractivity contribution in [3.8, 4) is 11.1 Å². The molecule has 3 rings (SSSR count). The van der Waals surface area contributed by atoms with Crippen LogP contribution >= 0.6 is 0 Å². The van der Waals surface area contributed by atoms with Crippen molar-refractivity contribution in [1.29, 1.82) is 0 Å². The van der Waals surface area contributed by atoms with Crippen molar-refractivity contribution in [2.24, 2.45) is 5.73 Å². The molecule has 166 valence electrons. The molecule has 2 aromatic carbocycles. The Morgan fingerprint density at radius 3 is 2.32 bits per heavy atom. The monoisotopic (exact) mass is 426 g/mol. The number of amides is 2. The van der Waals surface area contributed by atoms with Crippen LogP contribution in [0.4, 0.5) is 0 Å². The number of hydrogen-bond acceptors (Lipinski definition) is 6. The van der Waals surface area contributed by atoms with Gasteiger partial charge >= 0.3 is 0 Å². The quantitative estimate of drug-likeness (QED) is 0.394. The minimum atomic E-state index is -1.03. The van der Waals surface area contributed by atoms with Crippen molar-refractivity contribution in [2.75, 3.05) is 26.3 Å². The van der Waals surface area contributed by atoms with Gasteiger partial charge in [-0.25, -0.2) is 5.48 Å². The van der Waals surface area contributed by atoms with Gasteiger partial charge in [-0.05, 0) is 42.2 Å². The molecule has 1 fully saturated rings. The molecule has 31 heavy (non-hydrogen) atoms. The van der Waals surface area contributed by atoms with E-state index in [1.807, 2.05) is 12.1 Å². The van der Waals surface area contributed by atoms with Crippen molar-refractivity contribution in [1.82, 2.24) is 15.7 Å². The lowest BCUT2D eigenvalue weighted by Crippen LogP contribution is -2.54. The number of carbonyl (C=O) groups excluding carboxylic acids is 2. The predicted octanol–water partition coefficient (Wildman–Crippen LogP) is 1.53. The van der Waals surface area contributed by atoms with Crippen molar-refractivity contribution >= 4 is 11.8 Å². The Balaban J connectivity index is 1.62. The predicted molar refractivity (Wildman–Crippen MR) is 117 cm³/mol. The standard InChI is InChI=1S/C23H30N4O4/c1-16(24)21(23(29)26-30)25-22(28)20-9-7-19(8-10-20)18-5-3-17(4-6-18)15-27-11-2-13-31-14-12-27/h3-10,16,21,30H,2,11-15,24H2,1H3,(H,25,28)(H,26,29)/t16-,21+/m1/s1. The lowest BCUT2D eigenvalue weighted by molar-refractivity contribution is -0.131. The molecule has 8 heteroatoms. The number of nitrogens with one attached hydrogen (secondary N) is 2. The molecule has 2 atom stereocenters. The highest BCUT2D eigenvalue weighted by Gasteiger charge is 2.24. The van der Waals surface area contributed by atoms with Crippen LogP contribution in [0.2, 0.25) is 0 Å². The van der Waals surface area contributed by atoms with Gasteiger partial charge in [0.2, 0.25) is 0 Å². The summed E-state index contributed by atoms with van der Waals surface area (Å²) in [6.45, 7) is 6.11. The Morgan fingerprint density at radius 2 is 1.71 bits per heavy atom. The van der Waals surface area contributed by atoms with E-state index in [0.29, 0.717) is 5.56 Å². The summed E-state index contributed by atoms with van der Waals surface area (Å²) in [6.07, 6.45) is 1.06. The zero-order chi connectivity index (χ0) is 22.2. The molecular formula is C23H30N4O4. The van der Waals surface area contributed by atoms with E-state index in [0.717, 1.165) is 50.4 Å². The van der Waals surface area contributed by atoms with Crippen molar-refractivity contribution in [2.45, 2.75) is 32.0 Å². The van der Waals surface area contributed by atoms with E-state index < -0.39 is 23.9 Å². The fourth-order valence-electron chi connectivity index (χ4n) is 3.56. The fraction of sp³-hybridized carbons (Fsp3) is 0.391. The van der Waals surface area contributed by atoms with Crippen LogP contribution in [0, 0.1) is 0 Å². The molecule has 0 aromatic heterocycles. The Hall–Kier alpha value is -2.78. The highest BCUT2D eigenvalue weighted by Crippen LogP contribution is 2.21. The molecule has 1 aliphatic rings. The Kier molecular flexibility index (Phi) is 8.13. The minimum absolute atomic E-state index is 0.403. The first-order valence-electron chi connectivity index (χ1n) is 10.5. The molecule has 0 bridgehead atoms. The van der Waals surface area contributed by atoms with Crippen LogP contribution in [0.25, 0.3) is 11.1 Å². The first-order chi connectivity index (χ1) is 15.0. The molecule has 0 spiro atoms. The molecule has 2 aromatic rings. The number of ether oxygens (including phenoxy) is 1. The van der Waals surface area contributed by atoms with Crippen LogP contribution in [0.3, 0.4) is 0 Å². The molecule has 0 unspecified atom stereocenters. The second kappa shape index (κ2) is 11.0. The summed E-state index contributed by atoms with van der Waals surface area (Å²) in [4.78, 5) is 26.5. The van der Waals surface area contributed by atoms with Gasteiger partial charge in [-0.1, -0.05) is 36.4 Å². The molecule has 0 radical (unpaired) electrons. The number of carbonyl (C=O) groups is 2. The van der Waals surface area contributed by atoms with Crippen LogP contribution in [-0.2, 0) is 16.1 Å². The lowest BCUT2D eigenvalue weighted by Gasteiger charge is -2.20. The first-order valence-corrected chi connectivity index (χ1v) is 10.5. The van der Waals surface area contributed by atoms with Gasteiger partial charge in [0.1, 0.15) is 6.04 Å². The van der Waals surface area contributed by atoms with E-state index in [2.05, 4.69) is 34.5 Å². The van der Waals surface area contributed by atoms with Crippen molar-refractivity contribution in [3.05, 3.63) is 59.7 Å². The highest BCUT2D eigenvalue weighted by atomic mass is 16.5. The van der Waals surface area contributed by atoms with E-state index >= 15 is 0 Å². The third-order valence-corrected chi connectivity index (χ3v) is 5.36. The normalized spacial score (nSPS) is 16.7. The van der Waals surface area contributed by atoms with Gasteiger partial charge in [0.05, 0.1) is 6.61 Å². The van der Waals surface area contributed by atoms with Crippen LogP contribution in [0.1, 0.15) is 29.3 Å². The molecule has 0 aliphatic carbocycles. The summed E-state index contributed by atoms with van der Waals surface area (Å²) in [5, 5.41) is 11.4. The fourth-order valence-corrected chi connectivity index (χ4v) is 3.56. The van der Waals surface area contributed by atoms with Crippen LogP contribution in [0.15, 0.2) is 48.5 Å². The van der Waals surface area contributed by atoms with E-state index in [-0.39, 0.29) is 0 Å². The lowest BCUT2D eigenvalue weighted by atomic mass is 10.0. The summed E-state index contributed by atoms with van der Waals surface area (Å²) in [7, 11) is 0. The number of rotatable bonds is 7. The number of hydrogen-bond donors (Lipinski definition) is 4. The smallest absolute Gasteiger partial charge is 0.267 e. The number of hydroxylamine groups is 1. The van der Waals surface area contributed by atoms with E-state index in [4.69, 9.17) is 15.7 Å². The average Bonchev–Trinajstić information content (AvgIpc) is 3.06. The molecule has 1 aliphatic heterocycles. The zero-order valence-electron chi connectivity index (χ0n) is 17.7. The van der Waals surface area contributed by atoms with Crippen molar-refractivity contribution in [3.63, 3.8) is 0 Å². The highest BCUT2D eigenvalue weighted by molar-refractivity contribution is 5.98. The molecule has 5 N–H and O–H groups in total. The van der Waals surface area contributed by atoms with Crippen LogP contribution in [-0.4, -0.2) is 60.3 Å². The van der Waals surface area contributed by atoms with Gasteiger partial charge < -0.3 is 15.8 Å². The second-order valence-electron chi connectivity index (χ2n) is 7.80. The minimum Gasteiger partial charge on any atom is -0.380 e. The number of nitrogens with zero attached hydrogens (tertiary/aromatic N) is 1. The third-order valence-electron chi connectivity index (χ3n) is 5.36. The molecular weight excluding hydrogens is 396 g/mol. The van der Waals surface area contributed by atoms with Gasteiger partial charge in [-0.2, -0.15) is 0 Å². The summed E-state index contributed by atoms with van der Waals surface area (Å²) in [6, 6.07) is 13.9. The first kappa shape index (κ1) is 22.9. The Bertz CT molecular complexity index is 860. The summed E-state index contributed by atoms with van der Waals surface area (Å²) >= 11 is 0. The topological polar surface area (TPSA) is 117 Å².